The second-order valence-electron chi connectivity index (χ2n) is 9.96. The Morgan fingerprint density at radius 3 is 2.62 bits per heavy atom. The molecule has 4 aromatic rings. The van der Waals surface area contributed by atoms with Crippen molar-refractivity contribution in [2.75, 3.05) is 45.0 Å². The Hall–Kier alpha value is -4.88. The highest BCUT2D eigenvalue weighted by atomic mass is 16.5. The Balaban J connectivity index is 1.64. The number of aromatic nitrogens is 2. The van der Waals surface area contributed by atoms with Gasteiger partial charge in [0.15, 0.2) is 11.5 Å². The van der Waals surface area contributed by atoms with Gasteiger partial charge in [-0.2, -0.15) is 5.26 Å². The largest absolute Gasteiger partial charge is 0.493 e. The van der Waals surface area contributed by atoms with E-state index in [1.807, 2.05) is 51.0 Å². The summed E-state index contributed by atoms with van der Waals surface area (Å²) in [5.74, 6) is 1.49. The van der Waals surface area contributed by atoms with E-state index >= 15 is 0 Å². The molecule has 0 saturated carbocycles. The van der Waals surface area contributed by atoms with Gasteiger partial charge in [-0.3, -0.25) is 14.8 Å². The Bertz CT molecular complexity index is 1600. The lowest BCUT2D eigenvalue weighted by Gasteiger charge is -2.17. The minimum atomic E-state index is -0.114. The van der Waals surface area contributed by atoms with Crippen molar-refractivity contribution in [1.29, 1.82) is 5.26 Å². The molecule has 1 amide bonds. The Kier molecular flexibility index (Phi) is 10.1. The van der Waals surface area contributed by atoms with Crippen LogP contribution < -0.4 is 24.8 Å². The first kappa shape index (κ1) is 30.1. The smallest absolute Gasteiger partial charge is 0.224 e. The van der Waals surface area contributed by atoms with Crippen molar-refractivity contribution < 1.29 is 19.0 Å². The van der Waals surface area contributed by atoms with Crippen molar-refractivity contribution in [1.82, 2.24) is 14.9 Å². The van der Waals surface area contributed by atoms with Crippen molar-refractivity contribution >= 4 is 33.9 Å². The summed E-state index contributed by atoms with van der Waals surface area (Å²) < 4.78 is 17.4. The summed E-state index contributed by atoms with van der Waals surface area (Å²) in [7, 11) is 5.52. The van der Waals surface area contributed by atoms with Gasteiger partial charge in [-0.25, -0.2) is 0 Å². The molecule has 0 bridgehead atoms. The van der Waals surface area contributed by atoms with E-state index < -0.39 is 0 Å². The van der Waals surface area contributed by atoms with Crippen LogP contribution in [0.3, 0.4) is 0 Å². The number of nitriles is 1. The molecule has 10 nitrogen and oxygen atoms in total. The molecule has 0 fully saturated rings. The number of pyridine rings is 2. The zero-order valence-corrected chi connectivity index (χ0v) is 24.7. The van der Waals surface area contributed by atoms with Gasteiger partial charge in [0, 0.05) is 42.0 Å². The van der Waals surface area contributed by atoms with Crippen LogP contribution in [-0.4, -0.2) is 55.1 Å². The molecule has 42 heavy (non-hydrogen) atoms. The van der Waals surface area contributed by atoms with Crippen LogP contribution in [0, 0.1) is 18.3 Å². The summed E-state index contributed by atoms with van der Waals surface area (Å²) >= 11 is 0. The number of methoxy groups -OCH3 is 1. The fraction of sp³-hybridized carbons (Fsp3) is 0.312. The second-order valence-corrected chi connectivity index (χ2v) is 9.96. The van der Waals surface area contributed by atoms with E-state index in [2.05, 4.69) is 26.7 Å². The van der Waals surface area contributed by atoms with Gasteiger partial charge in [0.05, 0.1) is 41.9 Å². The Labute approximate surface area is 246 Å². The maximum Gasteiger partial charge on any atom is 0.224 e. The van der Waals surface area contributed by atoms with E-state index in [1.54, 1.807) is 37.6 Å². The molecule has 2 aromatic heterocycles. The molecule has 10 heteroatoms. The predicted octanol–water partition coefficient (Wildman–Crippen LogP) is 5.82. The van der Waals surface area contributed by atoms with Crippen LogP contribution in [0.1, 0.15) is 36.6 Å². The molecule has 2 aromatic carbocycles. The number of amides is 1. The maximum atomic E-state index is 12.8. The monoisotopic (exact) mass is 568 g/mol. The maximum absolute atomic E-state index is 12.8. The van der Waals surface area contributed by atoms with Gasteiger partial charge in [0.2, 0.25) is 5.91 Å². The van der Waals surface area contributed by atoms with E-state index in [0.717, 1.165) is 24.2 Å². The molecule has 0 saturated heterocycles. The lowest BCUT2D eigenvalue weighted by Crippen LogP contribution is -2.17. The van der Waals surface area contributed by atoms with Gasteiger partial charge >= 0.3 is 0 Å². The molecule has 0 unspecified atom stereocenters. The molecule has 0 atom stereocenters. The first-order valence-electron chi connectivity index (χ1n) is 13.8. The van der Waals surface area contributed by atoms with Crippen molar-refractivity contribution in [3.8, 4) is 23.3 Å². The van der Waals surface area contributed by atoms with Crippen LogP contribution >= 0.6 is 0 Å². The van der Waals surface area contributed by atoms with Crippen LogP contribution in [-0.2, 0) is 11.4 Å². The number of nitrogens with zero attached hydrogens (tertiary/aromatic N) is 4. The van der Waals surface area contributed by atoms with Gasteiger partial charge in [0.25, 0.3) is 0 Å². The van der Waals surface area contributed by atoms with E-state index in [0.29, 0.717) is 70.4 Å². The average Bonchev–Trinajstić information content (AvgIpc) is 2.97. The molecule has 0 radical (unpaired) electrons. The highest BCUT2D eigenvalue weighted by molar-refractivity contribution is 6.02. The standard InChI is InChI=1S/C32H36N6O4/c1-6-41-29-17-25-24(16-26(29)37-31(39)10-8-14-38(3)4)32(22(18-33)19-35-25)36-23-11-12-28(30(15-23)40-5)42-20-27-21(2)9-7-13-34-27/h7,9,11-13,15-17,19H,6,8,10,14,20H2,1-5H3,(H,35,36)(H,37,39). The molecule has 0 spiro atoms. The highest BCUT2D eigenvalue weighted by Gasteiger charge is 2.17. The second kappa shape index (κ2) is 14.1. The van der Waals surface area contributed by atoms with Crippen LogP contribution in [0.2, 0.25) is 0 Å². The average molecular weight is 569 g/mol. The summed E-state index contributed by atoms with van der Waals surface area (Å²) in [6.45, 7) is 5.40. The van der Waals surface area contributed by atoms with Crippen molar-refractivity contribution in [2.45, 2.75) is 33.3 Å². The number of carbonyl (C=O) groups is 1. The predicted molar refractivity (Wildman–Crippen MR) is 164 cm³/mol. The number of hydrogen-bond donors (Lipinski definition) is 2. The van der Waals surface area contributed by atoms with Gasteiger partial charge in [-0.15, -0.1) is 0 Å². The quantitative estimate of drug-likeness (QED) is 0.205. The molecular weight excluding hydrogens is 532 g/mol. The zero-order valence-electron chi connectivity index (χ0n) is 24.7. The number of hydrogen-bond acceptors (Lipinski definition) is 9. The zero-order chi connectivity index (χ0) is 30.1. The number of carbonyl (C=O) groups excluding carboxylic acids is 1. The van der Waals surface area contributed by atoms with Gasteiger partial charge in [0.1, 0.15) is 18.4 Å². The fourth-order valence-corrected chi connectivity index (χ4v) is 4.40. The van der Waals surface area contributed by atoms with E-state index in [-0.39, 0.29) is 5.91 Å². The van der Waals surface area contributed by atoms with Crippen molar-refractivity contribution in [3.05, 3.63) is 71.7 Å². The third-order valence-electron chi connectivity index (χ3n) is 6.59. The Morgan fingerprint density at radius 2 is 1.90 bits per heavy atom. The van der Waals surface area contributed by atoms with Gasteiger partial charge in [-0.1, -0.05) is 6.07 Å². The minimum absolute atomic E-state index is 0.114. The Morgan fingerprint density at radius 1 is 1.07 bits per heavy atom. The minimum Gasteiger partial charge on any atom is -0.493 e. The number of nitrogens with one attached hydrogen (secondary N) is 2. The van der Waals surface area contributed by atoms with E-state index in [9.17, 15) is 10.1 Å². The van der Waals surface area contributed by atoms with E-state index in [1.165, 1.54) is 6.20 Å². The van der Waals surface area contributed by atoms with E-state index in [4.69, 9.17) is 14.2 Å². The first-order chi connectivity index (χ1) is 20.3. The van der Waals surface area contributed by atoms with Crippen LogP contribution in [0.5, 0.6) is 17.2 Å². The number of ether oxygens (including phenoxy) is 3. The highest BCUT2D eigenvalue weighted by Crippen LogP contribution is 2.38. The third kappa shape index (κ3) is 7.44. The molecular formula is C32H36N6O4. The summed E-state index contributed by atoms with van der Waals surface area (Å²) in [6, 6.07) is 15.1. The van der Waals surface area contributed by atoms with Crippen LogP contribution in [0.4, 0.5) is 17.1 Å². The van der Waals surface area contributed by atoms with Crippen LogP contribution in [0.15, 0.2) is 54.9 Å². The molecule has 218 valence electrons. The van der Waals surface area contributed by atoms with Gasteiger partial charge in [-0.05, 0) is 70.7 Å². The lowest BCUT2D eigenvalue weighted by molar-refractivity contribution is -0.116. The van der Waals surface area contributed by atoms with Gasteiger partial charge < -0.3 is 29.7 Å². The third-order valence-corrected chi connectivity index (χ3v) is 6.59. The molecule has 0 aliphatic carbocycles. The van der Waals surface area contributed by atoms with Crippen LogP contribution in [0.25, 0.3) is 10.9 Å². The first-order valence-corrected chi connectivity index (χ1v) is 13.8. The number of aryl methyl sites for hydroxylation is 1. The molecule has 0 aliphatic rings. The normalized spacial score (nSPS) is 10.8. The fourth-order valence-electron chi connectivity index (χ4n) is 4.40. The number of rotatable bonds is 13. The molecule has 2 heterocycles. The lowest BCUT2D eigenvalue weighted by atomic mass is 10.1. The number of anilines is 3. The summed E-state index contributed by atoms with van der Waals surface area (Å²) in [5.41, 5.74) is 4.60. The topological polar surface area (TPSA) is 122 Å². The molecule has 4 rings (SSSR count). The van der Waals surface area contributed by atoms with Crippen molar-refractivity contribution in [3.63, 3.8) is 0 Å². The molecule has 2 N–H and O–H groups in total. The SMILES string of the molecule is CCOc1cc2ncc(C#N)c(Nc3ccc(OCc4ncccc4C)c(OC)c3)c2cc1NC(=O)CCCN(C)C. The number of benzene rings is 2. The summed E-state index contributed by atoms with van der Waals surface area (Å²) in [6.07, 6.45) is 4.36. The summed E-state index contributed by atoms with van der Waals surface area (Å²) in [4.78, 5) is 23.7. The summed E-state index contributed by atoms with van der Waals surface area (Å²) in [5, 5.41) is 16.9. The number of fused-ring (bicyclic) bond motifs is 1. The molecule has 0 aliphatic heterocycles. The van der Waals surface area contributed by atoms with Crippen molar-refractivity contribution in [2.24, 2.45) is 0 Å².